The highest BCUT2D eigenvalue weighted by atomic mass is 32.2. The monoisotopic (exact) mass is 604 g/mol. The van der Waals surface area contributed by atoms with E-state index in [2.05, 4.69) is 25.6 Å². The second-order valence-electron chi connectivity index (χ2n) is 10.1. The van der Waals surface area contributed by atoms with Gasteiger partial charge in [-0.3, -0.25) is 9.78 Å². The number of amides is 1. The van der Waals surface area contributed by atoms with Crippen LogP contribution in [0.5, 0.6) is 11.5 Å². The van der Waals surface area contributed by atoms with Crippen LogP contribution in [-0.4, -0.2) is 59.5 Å². The molecular formula is C30H29FN6O5S. The first-order chi connectivity index (χ1) is 20.9. The van der Waals surface area contributed by atoms with Crippen molar-refractivity contribution in [3.05, 3.63) is 102 Å². The zero-order valence-corrected chi connectivity index (χ0v) is 23.8. The molecule has 1 saturated heterocycles. The molecule has 13 heteroatoms. The lowest BCUT2D eigenvalue weighted by molar-refractivity contribution is -0.124. The molecule has 2 aromatic heterocycles. The van der Waals surface area contributed by atoms with Gasteiger partial charge in [-0.15, -0.1) is 0 Å². The van der Waals surface area contributed by atoms with Crippen LogP contribution in [0.4, 0.5) is 10.3 Å². The van der Waals surface area contributed by atoms with Gasteiger partial charge in [-0.2, -0.15) is 4.31 Å². The third-order valence-electron chi connectivity index (χ3n) is 7.31. The number of rotatable bonds is 10. The Morgan fingerprint density at radius 3 is 2.67 bits per heavy atom. The minimum absolute atomic E-state index is 0.0712. The van der Waals surface area contributed by atoms with Crippen molar-refractivity contribution in [2.45, 2.75) is 36.2 Å². The van der Waals surface area contributed by atoms with Crippen LogP contribution in [0, 0.1) is 5.82 Å². The highest BCUT2D eigenvalue weighted by Gasteiger charge is 2.40. The van der Waals surface area contributed by atoms with Gasteiger partial charge in [-0.1, -0.05) is 12.1 Å². The number of aromatic nitrogens is 3. The number of sulfonamides is 1. The normalized spacial score (nSPS) is 17.0. The van der Waals surface area contributed by atoms with Gasteiger partial charge >= 0.3 is 0 Å². The number of benzene rings is 2. The topological polar surface area (TPSA) is 136 Å². The molecule has 0 radical (unpaired) electrons. The zero-order valence-electron chi connectivity index (χ0n) is 23.0. The summed E-state index contributed by atoms with van der Waals surface area (Å²) in [6, 6.07) is 15.6. The first-order valence-corrected chi connectivity index (χ1v) is 15.3. The van der Waals surface area contributed by atoms with E-state index >= 15 is 0 Å². The molecule has 222 valence electrons. The number of anilines is 1. The Kier molecular flexibility index (Phi) is 8.16. The Morgan fingerprint density at radius 1 is 1.02 bits per heavy atom. The summed E-state index contributed by atoms with van der Waals surface area (Å²) in [5, 5.41) is 6.23. The van der Waals surface area contributed by atoms with E-state index in [0.29, 0.717) is 54.5 Å². The van der Waals surface area contributed by atoms with Crippen LogP contribution in [-0.2, 0) is 21.2 Å². The second kappa shape index (κ2) is 12.3. The summed E-state index contributed by atoms with van der Waals surface area (Å²) in [5.74, 6) is 0.460. The van der Waals surface area contributed by atoms with Gasteiger partial charge in [-0.05, 0) is 73.0 Å². The van der Waals surface area contributed by atoms with Crippen LogP contribution >= 0.6 is 0 Å². The lowest BCUT2D eigenvalue weighted by Gasteiger charge is -2.26. The molecule has 4 aromatic rings. The minimum atomic E-state index is -4.03. The van der Waals surface area contributed by atoms with Gasteiger partial charge in [0.05, 0.1) is 16.6 Å². The number of nitrogens with zero attached hydrogens (tertiary/aromatic N) is 4. The predicted molar refractivity (Wildman–Crippen MR) is 154 cm³/mol. The number of ether oxygens (including phenoxy) is 2. The summed E-state index contributed by atoms with van der Waals surface area (Å²) < 4.78 is 52.5. The molecule has 2 aliphatic rings. The Labute approximate surface area is 248 Å². The number of carbonyl (C=O) groups excluding carboxylic acids is 1. The van der Waals surface area contributed by atoms with Crippen molar-refractivity contribution in [3.8, 4) is 11.5 Å². The number of nitrogens with one attached hydrogen (secondary N) is 2. The number of hydrogen-bond donors (Lipinski definition) is 2. The molecular weight excluding hydrogens is 575 g/mol. The SMILES string of the molecule is O=C(NC(c1ccc2c(c1)OCO2)c1ccnc(NCCc2ccccn2)n1)[C@@H]1CCCN1S(=O)(=O)c1ccc(F)cc1. The summed E-state index contributed by atoms with van der Waals surface area (Å²) in [5.41, 5.74) is 2.09. The average Bonchev–Trinajstić information content (AvgIpc) is 3.71. The third kappa shape index (κ3) is 6.27. The van der Waals surface area contributed by atoms with Crippen LogP contribution < -0.4 is 20.1 Å². The maximum Gasteiger partial charge on any atom is 0.243 e. The van der Waals surface area contributed by atoms with Gasteiger partial charge in [0, 0.05) is 37.6 Å². The summed E-state index contributed by atoms with van der Waals surface area (Å²) in [7, 11) is -4.03. The highest BCUT2D eigenvalue weighted by Crippen LogP contribution is 2.36. The number of carbonyl (C=O) groups is 1. The van der Waals surface area contributed by atoms with Crippen LogP contribution in [0.1, 0.15) is 35.8 Å². The van der Waals surface area contributed by atoms with E-state index in [0.717, 1.165) is 17.8 Å². The summed E-state index contributed by atoms with van der Waals surface area (Å²) in [6.07, 6.45) is 4.84. The van der Waals surface area contributed by atoms with Gasteiger partial charge < -0.3 is 20.1 Å². The molecule has 0 saturated carbocycles. The third-order valence-corrected chi connectivity index (χ3v) is 9.23. The molecule has 0 aliphatic carbocycles. The fraction of sp³-hybridized carbons (Fsp3) is 0.267. The van der Waals surface area contributed by atoms with Crippen molar-refractivity contribution in [2.24, 2.45) is 0 Å². The molecule has 1 amide bonds. The van der Waals surface area contributed by atoms with Crippen molar-refractivity contribution >= 4 is 21.9 Å². The molecule has 43 heavy (non-hydrogen) atoms. The smallest absolute Gasteiger partial charge is 0.243 e. The van der Waals surface area contributed by atoms with Crippen molar-refractivity contribution in [1.29, 1.82) is 0 Å². The predicted octanol–water partition coefficient (Wildman–Crippen LogP) is 3.45. The van der Waals surface area contributed by atoms with Crippen molar-refractivity contribution in [1.82, 2.24) is 24.6 Å². The van der Waals surface area contributed by atoms with E-state index in [1.54, 1.807) is 36.7 Å². The average molecular weight is 605 g/mol. The standard InChI is InChI=1S/C30H29FN6O5S/c31-21-7-9-23(10-8-21)43(39,40)37-17-3-5-25(37)29(38)36-28(20-6-11-26-27(18-20)42-19-41-26)24-13-16-34-30(35-24)33-15-12-22-4-1-2-14-32-22/h1-2,4,6-11,13-14,16,18,25,28H,3,5,12,15,17,19H2,(H,36,38)(H,33,34,35)/t25-,28?/m0/s1. The largest absolute Gasteiger partial charge is 0.454 e. The second-order valence-corrected chi connectivity index (χ2v) is 12.0. The molecule has 11 nitrogen and oxygen atoms in total. The van der Waals surface area contributed by atoms with Crippen LogP contribution in [0.15, 0.2) is 84.0 Å². The molecule has 2 aromatic carbocycles. The molecule has 2 N–H and O–H groups in total. The molecule has 2 aliphatic heterocycles. The number of halogens is 1. The highest BCUT2D eigenvalue weighted by molar-refractivity contribution is 7.89. The lowest BCUT2D eigenvalue weighted by atomic mass is 10.0. The molecule has 1 unspecified atom stereocenters. The van der Waals surface area contributed by atoms with Crippen LogP contribution in [0.2, 0.25) is 0 Å². The Bertz CT molecular complexity index is 1710. The summed E-state index contributed by atoms with van der Waals surface area (Å²) in [4.78, 5) is 27.1. The summed E-state index contributed by atoms with van der Waals surface area (Å²) >= 11 is 0. The van der Waals surface area contributed by atoms with E-state index in [1.165, 1.54) is 16.4 Å². The van der Waals surface area contributed by atoms with E-state index in [-0.39, 0.29) is 18.2 Å². The molecule has 6 rings (SSSR count). The molecule has 2 atom stereocenters. The maximum atomic E-state index is 13.8. The van der Waals surface area contributed by atoms with Gasteiger partial charge in [0.2, 0.25) is 28.7 Å². The Morgan fingerprint density at radius 2 is 1.86 bits per heavy atom. The fourth-order valence-corrected chi connectivity index (χ4v) is 6.81. The van der Waals surface area contributed by atoms with E-state index in [4.69, 9.17) is 9.47 Å². The number of hydrogen-bond acceptors (Lipinski definition) is 9. The Balaban J connectivity index is 1.25. The summed E-state index contributed by atoms with van der Waals surface area (Å²) in [6.45, 7) is 0.802. The van der Waals surface area contributed by atoms with Crippen molar-refractivity contribution in [3.63, 3.8) is 0 Å². The van der Waals surface area contributed by atoms with E-state index in [9.17, 15) is 17.6 Å². The minimum Gasteiger partial charge on any atom is -0.454 e. The number of pyridine rings is 1. The van der Waals surface area contributed by atoms with Crippen LogP contribution in [0.3, 0.4) is 0 Å². The first kappa shape index (κ1) is 28.5. The Hall–Kier alpha value is -4.62. The molecule has 4 heterocycles. The number of fused-ring (bicyclic) bond motifs is 1. The van der Waals surface area contributed by atoms with Gasteiger partial charge in [0.15, 0.2) is 11.5 Å². The van der Waals surface area contributed by atoms with E-state index in [1.807, 2.05) is 18.2 Å². The molecule has 1 fully saturated rings. The first-order valence-electron chi connectivity index (χ1n) is 13.8. The zero-order chi connectivity index (χ0) is 29.8. The van der Waals surface area contributed by atoms with Crippen molar-refractivity contribution < 1.29 is 27.1 Å². The van der Waals surface area contributed by atoms with Gasteiger partial charge in [0.1, 0.15) is 11.9 Å². The quantitative estimate of drug-likeness (QED) is 0.279. The van der Waals surface area contributed by atoms with Crippen molar-refractivity contribution in [2.75, 3.05) is 25.2 Å². The van der Waals surface area contributed by atoms with Gasteiger partial charge in [0.25, 0.3) is 0 Å². The fourth-order valence-electron chi connectivity index (χ4n) is 5.16. The lowest BCUT2D eigenvalue weighted by Crippen LogP contribution is -2.47. The molecule has 0 bridgehead atoms. The maximum absolute atomic E-state index is 13.8. The van der Waals surface area contributed by atoms with E-state index < -0.39 is 33.8 Å². The molecule has 0 spiro atoms. The van der Waals surface area contributed by atoms with Crippen LogP contribution in [0.25, 0.3) is 0 Å². The van der Waals surface area contributed by atoms with Gasteiger partial charge in [-0.25, -0.2) is 22.8 Å².